The van der Waals surface area contributed by atoms with Crippen LogP contribution in [-0.4, -0.2) is 37.0 Å². The number of carbonyl (C=O) groups is 2. The number of ketones is 1. The van der Waals surface area contributed by atoms with Crippen molar-refractivity contribution in [3.63, 3.8) is 0 Å². The van der Waals surface area contributed by atoms with E-state index in [4.69, 9.17) is 20.8 Å². The lowest BCUT2D eigenvalue weighted by Gasteiger charge is -2.32. The number of anilines is 2. The number of ether oxygens (including phenoxy) is 1. The molecule has 2 aromatic carbocycles. The Morgan fingerprint density at radius 1 is 1.08 bits per heavy atom. The van der Waals surface area contributed by atoms with Crippen LogP contribution in [0.1, 0.15) is 42.7 Å². The van der Waals surface area contributed by atoms with Gasteiger partial charge in [-0.05, 0) is 79.8 Å². The quantitative estimate of drug-likeness (QED) is 0.248. The van der Waals surface area contributed by atoms with Gasteiger partial charge in [0.1, 0.15) is 23.3 Å². The SMILES string of the molecule is COc1c(Cl)cc(C)cc1/C(O)=C1/C(=O)C(=O)N(c2ccc(N3CCC(C)CC3)cc2)C1c1ccco1. The van der Waals surface area contributed by atoms with E-state index in [-0.39, 0.29) is 27.7 Å². The summed E-state index contributed by atoms with van der Waals surface area (Å²) >= 11 is 6.35. The van der Waals surface area contributed by atoms with Crippen LogP contribution in [0.5, 0.6) is 5.75 Å². The van der Waals surface area contributed by atoms with Gasteiger partial charge in [0.15, 0.2) is 0 Å². The fourth-order valence-electron chi connectivity index (χ4n) is 5.16. The van der Waals surface area contributed by atoms with E-state index in [1.807, 2.05) is 31.2 Å². The standard InChI is InChI=1S/C29H29ClN2O5/c1-17-10-12-31(13-11-17)19-6-8-20(9-7-19)32-25(23-5-4-14-37-23)24(27(34)29(32)35)26(33)21-15-18(2)16-22(30)28(21)36-3/h4-9,14-17,25,33H,10-13H2,1-3H3/b26-24-. The second kappa shape index (κ2) is 9.98. The van der Waals surface area contributed by atoms with Crippen LogP contribution in [0, 0.1) is 12.8 Å². The number of carbonyl (C=O) groups excluding carboxylic acids is 2. The minimum atomic E-state index is -0.958. The lowest BCUT2D eigenvalue weighted by molar-refractivity contribution is -0.132. The number of aliphatic hydroxyl groups excluding tert-OH is 1. The maximum absolute atomic E-state index is 13.4. The number of Topliss-reactive ketones (excluding diaryl/α,β-unsaturated/α-hetero) is 1. The molecule has 37 heavy (non-hydrogen) atoms. The fraction of sp³-hybridized carbons (Fsp3) is 0.310. The molecule has 0 bridgehead atoms. The Balaban J connectivity index is 1.59. The van der Waals surface area contributed by atoms with E-state index in [9.17, 15) is 14.7 Å². The van der Waals surface area contributed by atoms with Crippen molar-refractivity contribution >= 4 is 40.4 Å². The normalized spacial score (nSPS) is 20.1. The molecule has 1 amide bonds. The lowest BCUT2D eigenvalue weighted by atomic mass is 9.97. The molecule has 3 heterocycles. The lowest BCUT2D eigenvalue weighted by Crippen LogP contribution is -2.33. The molecular formula is C29H29ClN2O5. The number of nitrogens with zero attached hydrogens (tertiary/aromatic N) is 2. The predicted molar refractivity (Wildman–Crippen MR) is 143 cm³/mol. The van der Waals surface area contributed by atoms with Gasteiger partial charge in [0.25, 0.3) is 11.7 Å². The fourth-order valence-corrected chi connectivity index (χ4v) is 5.51. The topological polar surface area (TPSA) is 83.2 Å². The van der Waals surface area contributed by atoms with E-state index in [2.05, 4.69) is 11.8 Å². The highest BCUT2D eigenvalue weighted by Crippen LogP contribution is 2.45. The molecule has 192 valence electrons. The average Bonchev–Trinajstić information content (AvgIpc) is 3.51. The molecule has 1 aromatic heterocycles. The number of halogens is 1. The van der Waals surface area contributed by atoms with E-state index in [1.54, 1.807) is 24.3 Å². The molecule has 3 aromatic rings. The highest BCUT2D eigenvalue weighted by Gasteiger charge is 2.48. The molecule has 0 aliphatic carbocycles. The number of furan rings is 1. The smallest absolute Gasteiger partial charge is 0.300 e. The second-order valence-electron chi connectivity index (χ2n) is 9.70. The maximum Gasteiger partial charge on any atom is 0.300 e. The molecule has 8 heteroatoms. The number of amides is 1. The number of rotatable bonds is 5. The molecule has 1 atom stereocenters. The van der Waals surface area contributed by atoms with Crippen LogP contribution < -0.4 is 14.5 Å². The number of hydrogen-bond donors (Lipinski definition) is 1. The zero-order valence-corrected chi connectivity index (χ0v) is 21.8. The van der Waals surface area contributed by atoms with E-state index in [0.717, 1.165) is 43.1 Å². The van der Waals surface area contributed by atoms with Crippen LogP contribution in [0.2, 0.25) is 5.02 Å². The molecule has 2 fully saturated rings. The molecule has 1 N–H and O–H groups in total. The Morgan fingerprint density at radius 3 is 2.38 bits per heavy atom. The molecule has 0 radical (unpaired) electrons. The highest BCUT2D eigenvalue weighted by atomic mass is 35.5. The Hall–Kier alpha value is -3.71. The Labute approximate surface area is 220 Å². The molecule has 5 rings (SSSR count). The van der Waals surface area contributed by atoms with Crippen LogP contribution >= 0.6 is 11.6 Å². The Kier molecular flexibility index (Phi) is 6.73. The van der Waals surface area contributed by atoms with Crippen molar-refractivity contribution in [3.8, 4) is 5.75 Å². The van der Waals surface area contributed by atoms with Gasteiger partial charge in [-0.2, -0.15) is 0 Å². The van der Waals surface area contributed by atoms with E-state index < -0.39 is 17.7 Å². The number of aliphatic hydroxyl groups is 1. The van der Waals surface area contributed by atoms with Crippen LogP contribution in [-0.2, 0) is 9.59 Å². The first-order chi connectivity index (χ1) is 17.8. The zero-order chi connectivity index (χ0) is 26.3. The van der Waals surface area contributed by atoms with Gasteiger partial charge in [0, 0.05) is 24.5 Å². The average molecular weight is 521 g/mol. The molecule has 1 unspecified atom stereocenters. The first-order valence-corrected chi connectivity index (χ1v) is 12.7. The monoisotopic (exact) mass is 520 g/mol. The summed E-state index contributed by atoms with van der Waals surface area (Å²) < 4.78 is 11.1. The first-order valence-electron chi connectivity index (χ1n) is 12.3. The summed E-state index contributed by atoms with van der Waals surface area (Å²) in [6.45, 7) is 6.05. The van der Waals surface area contributed by atoms with Gasteiger partial charge in [-0.1, -0.05) is 18.5 Å². The third kappa shape index (κ3) is 4.48. The molecule has 2 saturated heterocycles. The minimum absolute atomic E-state index is 0.0889. The summed E-state index contributed by atoms with van der Waals surface area (Å²) in [5.41, 5.74) is 2.51. The summed E-state index contributed by atoms with van der Waals surface area (Å²) in [5, 5.41) is 11.7. The number of aryl methyl sites for hydroxylation is 1. The number of hydrogen-bond acceptors (Lipinski definition) is 6. The molecule has 2 aliphatic rings. The third-order valence-corrected chi connectivity index (χ3v) is 7.46. The second-order valence-corrected chi connectivity index (χ2v) is 10.1. The Bertz CT molecular complexity index is 1360. The van der Waals surface area contributed by atoms with E-state index in [0.29, 0.717) is 11.4 Å². The van der Waals surface area contributed by atoms with Gasteiger partial charge >= 0.3 is 0 Å². The first kappa shape index (κ1) is 25.0. The minimum Gasteiger partial charge on any atom is -0.507 e. The van der Waals surface area contributed by atoms with Crippen molar-refractivity contribution in [2.75, 3.05) is 30.0 Å². The molecule has 7 nitrogen and oxygen atoms in total. The van der Waals surface area contributed by atoms with Crippen molar-refractivity contribution in [3.05, 3.63) is 82.3 Å². The zero-order valence-electron chi connectivity index (χ0n) is 21.0. The maximum atomic E-state index is 13.4. The van der Waals surface area contributed by atoms with Gasteiger partial charge in [0.2, 0.25) is 0 Å². The highest BCUT2D eigenvalue weighted by molar-refractivity contribution is 6.51. The van der Waals surface area contributed by atoms with Crippen molar-refractivity contribution in [2.24, 2.45) is 5.92 Å². The molecule has 0 saturated carbocycles. The molecular weight excluding hydrogens is 492 g/mol. The summed E-state index contributed by atoms with van der Waals surface area (Å²) in [5.74, 6) is -0.642. The largest absolute Gasteiger partial charge is 0.507 e. The van der Waals surface area contributed by atoms with E-state index >= 15 is 0 Å². The van der Waals surface area contributed by atoms with Crippen LogP contribution in [0.3, 0.4) is 0 Å². The van der Waals surface area contributed by atoms with Gasteiger partial charge in [-0.25, -0.2) is 0 Å². The van der Waals surface area contributed by atoms with Crippen molar-refractivity contribution in [1.82, 2.24) is 0 Å². The number of piperidine rings is 1. The van der Waals surface area contributed by atoms with Gasteiger partial charge in [0.05, 0.1) is 29.5 Å². The van der Waals surface area contributed by atoms with Crippen molar-refractivity contribution in [2.45, 2.75) is 32.7 Å². The van der Waals surface area contributed by atoms with E-state index in [1.165, 1.54) is 18.3 Å². The number of methoxy groups -OCH3 is 1. The Morgan fingerprint density at radius 2 is 1.76 bits per heavy atom. The summed E-state index contributed by atoms with van der Waals surface area (Å²) in [6, 6.07) is 13.4. The van der Waals surface area contributed by atoms with Crippen LogP contribution in [0.25, 0.3) is 5.76 Å². The summed E-state index contributed by atoms with van der Waals surface area (Å²) in [6.07, 6.45) is 3.75. The predicted octanol–water partition coefficient (Wildman–Crippen LogP) is 6.11. The molecule has 0 spiro atoms. The summed E-state index contributed by atoms with van der Waals surface area (Å²) in [4.78, 5) is 30.5. The van der Waals surface area contributed by atoms with Gasteiger partial charge < -0.3 is 19.2 Å². The van der Waals surface area contributed by atoms with Crippen molar-refractivity contribution < 1.29 is 23.8 Å². The summed E-state index contributed by atoms with van der Waals surface area (Å²) in [7, 11) is 1.43. The van der Waals surface area contributed by atoms with Gasteiger partial charge in [-0.3, -0.25) is 14.5 Å². The van der Waals surface area contributed by atoms with Crippen molar-refractivity contribution in [1.29, 1.82) is 0 Å². The molecule has 2 aliphatic heterocycles. The van der Waals surface area contributed by atoms with Crippen LogP contribution in [0.4, 0.5) is 11.4 Å². The van der Waals surface area contributed by atoms with Crippen LogP contribution in [0.15, 0.2) is 64.8 Å². The van der Waals surface area contributed by atoms with Gasteiger partial charge in [-0.15, -0.1) is 0 Å². The number of benzene rings is 2. The third-order valence-electron chi connectivity index (χ3n) is 7.18.